The molecule has 0 aliphatic carbocycles. The van der Waals surface area contributed by atoms with Gasteiger partial charge in [0.15, 0.2) is 0 Å². The maximum atomic E-state index is 3.85. The Balaban J connectivity index is 2.51. The van der Waals surface area contributed by atoms with Gasteiger partial charge in [0.1, 0.15) is 0 Å². The minimum Gasteiger partial charge on any atom is -0.310 e. The van der Waals surface area contributed by atoms with E-state index >= 15 is 0 Å². The van der Waals surface area contributed by atoms with Gasteiger partial charge in [0.2, 0.25) is 0 Å². The van der Waals surface area contributed by atoms with Crippen molar-refractivity contribution in [3.8, 4) is 0 Å². The summed E-state index contributed by atoms with van der Waals surface area (Å²) in [6.07, 6.45) is 10.6. The van der Waals surface area contributed by atoms with Crippen molar-refractivity contribution in [3.63, 3.8) is 0 Å². The van der Waals surface area contributed by atoms with Gasteiger partial charge in [-0.1, -0.05) is 89.6 Å². The Morgan fingerprint density at radius 3 is 2.19 bits per heavy atom. The molecule has 0 amide bonds. The van der Waals surface area contributed by atoms with Crippen LogP contribution >= 0.6 is 0 Å². The summed E-state index contributed by atoms with van der Waals surface area (Å²) in [5, 5.41) is 3.85. The smallest absolute Gasteiger partial charge is 0.0320 e. The number of rotatable bonds is 12. The molecule has 0 aliphatic heterocycles. The molecule has 1 aromatic carbocycles. The van der Waals surface area contributed by atoms with Crippen LogP contribution in [-0.4, -0.2) is 6.54 Å². The van der Waals surface area contributed by atoms with Crippen molar-refractivity contribution in [1.29, 1.82) is 0 Å². The predicted molar refractivity (Wildman–Crippen MR) is 94.6 cm³/mol. The first-order chi connectivity index (χ1) is 10.3. The highest BCUT2D eigenvalue weighted by Crippen LogP contribution is 2.21. The summed E-state index contributed by atoms with van der Waals surface area (Å²) in [4.78, 5) is 0. The van der Waals surface area contributed by atoms with Gasteiger partial charge in [-0.25, -0.2) is 0 Å². The second kappa shape index (κ2) is 11.8. The molecule has 0 aliphatic rings. The molecule has 0 radical (unpaired) electrons. The van der Waals surface area contributed by atoms with Gasteiger partial charge >= 0.3 is 0 Å². The summed E-state index contributed by atoms with van der Waals surface area (Å²) in [7, 11) is 0. The largest absolute Gasteiger partial charge is 0.310 e. The van der Waals surface area contributed by atoms with Crippen LogP contribution < -0.4 is 5.32 Å². The monoisotopic (exact) mass is 289 g/mol. The highest BCUT2D eigenvalue weighted by Gasteiger charge is 2.13. The first-order valence-corrected chi connectivity index (χ1v) is 9.10. The molecule has 120 valence electrons. The molecule has 0 spiro atoms. The first kappa shape index (κ1) is 18.2. The molecule has 0 aromatic heterocycles. The van der Waals surface area contributed by atoms with Gasteiger partial charge < -0.3 is 5.32 Å². The quantitative estimate of drug-likeness (QED) is 0.457. The molecule has 21 heavy (non-hydrogen) atoms. The predicted octanol–water partition coefficient (Wildman–Crippen LogP) is 6.11. The van der Waals surface area contributed by atoms with Gasteiger partial charge in [-0.2, -0.15) is 0 Å². The lowest BCUT2D eigenvalue weighted by atomic mass is 9.96. The third-order valence-electron chi connectivity index (χ3n) is 4.49. The van der Waals surface area contributed by atoms with E-state index in [9.17, 15) is 0 Å². The SMILES string of the molecule is CCCCCC(NCC(CC)CCCC)c1ccccc1. The third-order valence-corrected chi connectivity index (χ3v) is 4.49. The van der Waals surface area contributed by atoms with Crippen LogP contribution in [0.25, 0.3) is 0 Å². The Morgan fingerprint density at radius 2 is 1.57 bits per heavy atom. The lowest BCUT2D eigenvalue weighted by Crippen LogP contribution is -2.27. The van der Waals surface area contributed by atoms with E-state index in [0.717, 1.165) is 5.92 Å². The second-order valence-electron chi connectivity index (χ2n) is 6.28. The molecule has 2 atom stereocenters. The number of nitrogens with one attached hydrogen (secondary N) is 1. The number of unbranched alkanes of at least 4 members (excludes halogenated alkanes) is 3. The van der Waals surface area contributed by atoms with Crippen LogP contribution in [-0.2, 0) is 0 Å². The fourth-order valence-electron chi connectivity index (χ4n) is 2.92. The van der Waals surface area contributed by atoms with E-state index < -0.39 is 0 Å². The van der Waals surface area contributed by atoms with Crippen molar-refractivity contribution >= 4 is 0 Å². The van der Waals surface area contributed by atoms with Crippen LogP contribution in [0.1, 0.15) is 83.7 Å². The highest BCUT2D eigenvalue weighted by atomic mass is 14.9. The van der Waals surface area contributed by atoms with E-state index in [1.54, 1.807) is 0 Å². The van der Waals surface area contributed by atoms with Crippen molar-refractivity contribution < 1.29 is 0 Å². The maximum Gasteiger partial charge on any atom is 0.0320 e. The molecule has 2 unspecified atom stereocenters. The second-order valence-corrected chi connectivity index (χ2v) is 6.28. The molecule has 0 heterocycles. The Morgan fingerprint density at radius 1 is 0.857 bits per heavy atom. The minimum atomic E-state index is 0.536. The molecule has 1 heteroatoms. The summed E-state index contributed by atoms with van der Waals surface area (Å²) >= 11 is 0. The molecule has 1 aromatic rings. The first-order valence-electron chi connectivity index (χ1n) is 9.10. The van der Waals surface area contributed by atoms with E-state index in [4.69, 9.17) is 0 Å². The summed E-state index contributed by atoms with van der Waals surface area (Å²) in [5.41, 5.74) is 1.46. The van der Waals surface area contributed by atoms with Gasteiger partial charge in [-0.15, -0.1) is 0 Å². The Labute approximate surface area is 132 Å². The van der Waals surface area contributed by atoms with Crippen LogP contribution in [0.5, 0.6) is 0 Å². The van der Waals surface area contributed by atoms with Crippen LogP contribution in [0.3, 0.4) is 0 Å². The summed E-state index contributed by atoms with van der Waals surface area (Å²) in [6, 6.07) is 11.5. The van der Waals surface area contributed by atoms with Crippen molar-refractivity contribution in [3.05, 3.63) is 35.9 Å². The topological polar surface area (TPSA) is 12.0 Å². The maximum absolute atomic E-state index is 3.85. The summed E-state index contributed by atoms with van der Waals surface area (Å²) < 4.78 is 0. The number of benzene rings is 1. The molecular formula is C20H35N. The Hall–Kier alpha value is -0.820. The minimum absolute atomic E-state index is 0.536. The van der Waals surface area contributed by atoms with Gasteiger partial charge in [0, 0.05) is 6.04 Å². The molecule has 1 rings (SSSR count). The van der Waals surface area contributed by atoms with Crippen LogP contribution in [0.4, 0.5) is 0 Å². The zero-order valence-electron chi connectivity index (χ0n) is 14.4. The van der Waals surface area contributed by atoms with E-state index in [-0.39, 0.29) is 0 Å². The van der Waals surface area contributed by atoms with E-state index in [2.05, 4.69) is 56.4 Å². The third kappa shape index (κ3) is 7.66. The molecule has 0 saturated carbocycles. The van der Waals surface area contributed by atoms with Gasteiger partial charge in [-0.05, 0) is 30.9 Å². The fraction of sp³-hybridized carbons (Fsp3) is 0.700. The Bertz CT molecular complexity index is 333. The normalized spacial score (nSPS) is 14.0. The zero-order chi connectivity index (χ0) is 15.3. The molecule has 0 saturated heterocycles. The van der Waals surface area contributed by atoms with Crippen LogP contribution in [0.2, 0.25) is 0 Å². The lowest BCUT2D eigenvalue weighted by molar-refractivity contribution is 0.376. The molecular weight excluding hydrogens is 254 g/mol. The molecule has 1 nitrogen and oxygen atoms in total. The van der Waals surface area contributed by atoms with E-state index in [0.29, 0.717) is 6.04 Å². The lowest BCUT2D eigenvalue weighted by Gasteiger charge is -2.23. The van der Waals surface area contributed by atoms with Gasteiger partial charge in [0.25, 0.3) is 0 Å². The Kier molecular flexibility index (Phi) is 10.2. The number of hydrogen-bond acceptors (Lipinski definition) is 1. The van der Waals surface area contributed by atoms with Crippen molar-refractivity contribution in [1.82, 2.24) is 5.32 Å². The summed E-state index contributed by atoms with van der Waals surface area (Å²) in [6.45, 7) is 8.07. The average molecular weight is 290 g/mol. The van der Waals surface area contributed by atoms with E-state index in [1.807, 2.05) is 0 Å². The standard InChI is InChI=1S/C20H35N/c1-4-7-10-16-20(19-14-11-9-12-15-19)21-17-18(6-3)13-8-5-2/h9,11-12,14-15,18,20-21H,4-8,10,13,16-17H2,1-3H3. The zero-order valence-corrected chi connectivity index (χ0v) is 14.4. The van der Waals surface area contributed by atoms with Gasteiger partial charge in [0.05, 0.1) is 0 Å². The fourth-order valence-corrected chi connectivity index (χ4v) is 2.92. The van der Waals surface area contributed by atoms with Crippen molar-refractivity contribution in [2.75, 3.05) is 6.54 Å². The van der Waals surface area contributed by atoms with Crippen molar-refractivity contribution in [2.45, 2.75) is 78.2 Å². The van der Waals surface area contributed by atoms with Crippen molar-refractivity contribution in [2.24, 2.45) is 5.92 Å². The van der Waals surface area contributed by atoms with Gasteiger partial charge in [-0.3, -0.25) is 0 Å². The average Bonchev–Trinajstić information content (AvgIpc) is 2.54. The molecule has 0 bridgehead atoms. The van der Waals surface area contributed by atoms with Crippen LogP contribution in [0, 0.1) is 5.92 Å². The van der Waals surface area contributed by atoms with Crippen LogP contribution in [0.15, 0.2) is 30.3 Å². The molecule has 1 N–H and O–H groups in total. The molecule has 0 fully saturated rings. The highest BCUT2D eigenvalue weighted by molar-refractivity contribution is 5.18. The van der Waals surface area contributed by atoms with E-state index in [1.165, 1.54) is 63.5 Å². The summed E-state index contributed by atoms with van der Waals surface area (Å²) in [5.74, 6) is 0.835. The number of hydrogen-bond donors (Lipinski definition) is 1.